The van der Waals surface area contributed by atoms with E-state index in [1.54, 1.807) is 0 Å². The van der Waals surface area contributed by atoms with E-state index in [0.717, 1.165) is 43.6 Å². The fourth-order valence-corrected chi connectivity index (χ4v) is 5.92. The predicted molar refractivity (Wildman–Crippen MR) is 130 cm³/mol. The van der Waals surface area contributed by atoms with Crippen LogP contribution in [0.2, 0.25) is 0 Å². The Labute approximate surface area is 197 Å². The summed E-state index contributed by atoms with van der Waals surface area (Å²) in [6.45, 7) is 8.56. The van der Waals surface area contributed by atoms with Crippen LogP contribution in [0.1, 0.15) is 64.4 Å². The standard InChI is InChI=1S/C28H37NO4/c1-18-5-4-6-21(13-18)16-32-26(30)15-28(10-11-28)27-19(2)20(3)29-25-8-7-22(14-24(25)27)33-23-9-12-31-17-23/h4,6-8,13-14,18-20,23,27,29H,5,9-12,15-17H2,1-3H3. The molecule has 5 unspecified atom stereocenters. The molecule has 5 heteroatoms. The number of anilines is 1. The average molecular weight is 452 g/mol. The molecule has 1 saturated carbocycles. The molecule has 2 fully saturated rings. The van der Waals surface area contributed by atoms with Gasteiger partial charge in [-0.15, -0.1) is 0 Å². The van der Waals surface area contributed by atoms with E-state index in [1.807, 2.05) is 0 Å². The quantitative estimate of drug-likeness (QED) is 0.545. The van der Waals surface area contributed by atoms with Crippen molar-refractivity contribution < 1.29 is 19.0 Å². The van der Waals surface area contributed by atoms with Crippen molar-refractivity contribution >= 4 is 11.7 Å². The van der Waals surface area contributed by atoms with E-state index in [2.05, 4.69) is 62.5 Å². The second-order valence-electron chi connectivity index (χ2n) is 10.7. The zero-order valence-electron chi connectivity index (χ0n) is 20.1. The number of nitrogens with one attached hydrogen (secondary N) is 1. The number of hydrogen-bond donors (Lipinski definition) is 1. The summed E-state index contributed by atoms with van der Waals surface area (Å²) in [4.78, 5) is 12.9. The molecule has 5 atom stereocenters. The maximum atomic E-state index is 12.9. The van der Waals surface area contributed by atoms with Gasteiger partial charge < -0.3 is 19.5 Å². The van der Waals surface area contributed by atoms with E-state index in [9.17, 15) is 4.79 Å². The summed E-state index contributed by atoms with van der Waals surface area (Å²) in [6.07, 6.45) is 11.2. The molecule has 1 aromatic carbocycles. The molecule has 2 aliphatic carbocycles. The summed E-state index contributed by atoms with van der Waals surface area (Å²) in [5.41, 5.74) is 3.56. The SMILES string of the molecule is CC1C=C(COC(=O)CC2(C3c4cc(OC5CCOC5)ccc4NC(C)C3C)CC2)C=CC1. The van der Waals surface area contributed by atoms with Crippen molar-refractivity contribution in [2.24, 2.45) is 17.3 Å². The third-order valence-electron chi connectivity index (χ3n) is 8.03. The zero-order chi connectivity index (χ0) is 23.0. The minimum Gasteiger partial charge on any atom is -0.488 e. The number of ether oxygens (including phenoxy) is 3. The van der Waals surface area contributed by atoms with Crippen LogP contribution in [-0.4, -0.2) is 37.9 Å². The number of rotatable bonds is 7. The van der Waals surface area contributed by atoms with Gasteiger partial charge >= 0.3 is 5.97 Å². The molecular formula is C28H37NO4. The Hall–Kier alpha value is -2.27. The molecule has 1 N–H and O–H groups in total. The van der Waals surface area contributed by atoms with Gasteiger partial charge in [0, 0.05) is 18.2 Å². The van der Waals surface area contributed by atoms with Crippen LogP contribution in [0.3, 0.4) is 0 Å². The highest BCUT2D eigenvalue weighted by Gasteiger charge is 2.55. The van der Waals surface area contributed by atoms with E-state index in [1.165, 1.54) is 11.3 Å². The lowest BCUT2D eigenvalue weighted by Crippen LogP contribution is -2.38. The number of allylic oxidation sites excluding steroid dienone is 2. The molecule has 33 heavy (non-hydrogen) atoms. The Balaban J connectivity index is 1.32. The lowest BCUT2D eigenvalue weighted by Gasteiger charge is -2.42. The highest BCUT2D eigenvalue weighted by molar-refractivity contribution is 5.72. The highest BCUT2D eigenvalue weighted by Crippen LogP contribution is 2.64. The highest BCUT2D eigenvalue weighted by atomic mass is 16.5. The van der Waals surface area contributed by atoms with Gasteiger partial charge in [0.1, 0.15) is 18.5 Å². The summed E-state index contributed by atoms with van der Waals surface area (Å²) < 4.78 is 17.4. The van der Waals surface area contributed by atoms with Gasteiger partial charge in [-0.2, -0.15) is 0 Å². The first-order valence-corrected chi connectivity index (χ1v) is 12.6. The Kier molecular flexibility index (Phi) is 6.26. The van der Waals surface area contributed by atoms with Gasteiger partial charge in [-0.3, -0.25) is 4.79 Å². The van der Waals surface area contributed by atoms with E-state index in [0.29, 0.717) is 43.4 Å². The lowest BCUT2D eigenvalue weighted by atomic mass is 9.69. The molecule has 2 aliphatic heterocycles. The Morgan fingerprint density at radius 2 is 2.09 bits per heavy atom. The fraction of sp³-hybridized carbons (Fsp3) is 0.607. The largest absolute Gasteiger partial charge is 0.488 e. The third kappa shape index (κ3) is 4.84. The first-order chi connectivity index (χ1) is 15.9. The number of hydrogen-bond acceptors (Lipinski definition) is 5. The average Bonchev–Trinajstić information content (AvgIpc) is 3.36. The summed E-state index contributed by atoms with van der Waals surface area (Å²) in [6, 6.07) is 6.76. The van der Waals surface area contributed by atoms with Crippen molar-refractivity contribution in [3.8, 4) is 5.75 Å². The van der Waals surface area contributed by atoms with Gasteiger partial charge in [0.2, 0.25) is 0 Å². The molecule has 5 rings (SSSR count). The smallest absolute Gasteiger partial charge is 0.306 e. The molecule has 178 valence electrons. The molecule has 0 spiro atoms. The van der Waals surface area contributed by atoms with E-state index >= 15 is 0 Å². The number of carbonyl (C=O) groups is 1. The van der Waals surface area contributed by atoms with Crippen LogP contribution < -0.4 is 10.1 Å². The lowest BCUT2D eigenvalue weighted by molar-refractivity contribution is -0.144. The van der Waals surface area contributed by atoms with Crippen LogP contribution in [0.15, 0.2) is 42.0 Å². The third-order valence-corrected chi connectivity index (χ3v) is 8.03. The number of carbonyl (C=O) groups excluding carboxylic acids is 1. The van der Waals surface area contributed by atoms with Gasteiger partial charge in [-0.25, -0.2) is 0 Å². The summed E-state index contributed by atoms with van der Waals surface area (Å²) in [5.74, 6) is 2.08. The zero-order valence-corrected chi connectivity index (χ0v) is 20.1. The molecule has 0 radical (unpaired) electrons. The normalized spacial score (nSPS) is 31.8. The maximum Gasteiger partial charge on any atom is 0.306 e. The predicted octanol–water partition coefficient (Wildman–Crippen LogP) is 5.62. The Morgan fingerprint density at radius 1 is 1.24 bits per heavy atom. The molecular weight excluding hydrogens is 414 g/mol. The second kappa shape index (κ2) is 9.17. The Bertz CT molecular complexity index is 941. The summed E-state index contributed by atoms with van der Waals surface area (Å²) in [5, 5.41) is 3.67. The first-order valence-electron chi connectivity index (χ1n) is 12.6. The first kappa shape index (κ1) is 22.5. The van der Waals surface area contributed by atoms with E-state index in [-0.39, 0.29) is 17.5 Å². The van der Waals surface area contributed by atoms with Crippen LogP contribution in [-0.2, 0) is 14.3 Å². The monoisotopic (exact) mass is 451 g/mol. The van der Waals surface area contributed by atoms with Crippen LogP contribution >= 0.6 is 0 Å². The van der Waals surface area contributed by atoms with Gasteiger partial charge in [-0.1, -0.05) is 32.1 Å². The van der Waals surface area contributed by atoms with Crippen LogP contribution in [0, 0.1) is 17.3 Å². The summed E-state index contributed by atoms with van der Waals surface area (Å²) >= 11 is 0. The molecule has 2 heterocycles. The van der Waals surface area contributed by atoms with Crippen molar-refractivity contribution in [2.75, 3.05) is 25.1 Å². The topological polar surface area (TPSA) is 56.8 Å². The minimum absolute atomic E-state index is 0.0131. The molecule has 0 bridgehead atoms. The number of benzene rings is 1. The van der Waals surface area contributed by atoms with Crippen LogP contribution in [0.5, 0.6) is 5.75 Å². The minimum atomic E-state index is -0.0736. The molecule has 1 aromatic rings. The van der Waals surface area contributed by atoms with Crippen molar-refractivity contribution in [2.45, 2.75) is 70.9 Å². The van der Waals surface area contributed by atoms with Crippen LogP contribution in [0.25, 0.3) is 0 Å². The van der Waals surface area contributed by atoms with E-state index < -0.39 is 0 Å². The molecule has 0 aromatic heterocycles. The fourth-order valence-electron chi connectivity index (χ4n) is 5.92. The van der Waals surface area contributed by atoms with E-state index in [4.69, 9.17) is 14.2 Å². The number of esters is 1. The molecule has 5 nitrogen and oxygen atoms in total. The van der Waals surface area contributed by atoms with Gasteiger partial charge in [0.25, 0.3) is 0 Å². The second-order valence-corrected chi connectivity index (χ2v) is 10.7. The van der Waals surface area contributed by atoms with Gasteiger partial charge in [0.05, 0.1) is 19.6 Å². The molecule has 1 saturated heterocycles. The molecule has 0 amide bonds. The van der Waals surface area contributed by atoms with Crippen molar-refractivity contribution in [3.63, 3.8) is 0 Å². The maximum absolute atomic E-state index is 12.9. The van der Waals surface area contributed by atoms with Crippen molar-refractivity contribution in [1.82, 2.24) is 0 Å². The van der Waals surface area contributed by atoms with Crippen molar-refractivity contribution in [3.05, 3.63) is 47.6 Å². The molecule has 4 aliphatic rings. The van der Waals surface area contributed by atoms with Gasteiger partial charge in [0.15, 0.2) is 0 Å². The van der Waals surface area contributed by atoms with Gasteiger partial charge in [-0.05, 0) is 78.7 Å². The van der Waals surface area contributed by atoms with Crippen molar-refractivity contribution in [1.29, 1.82) is 0 Å². The Morgan fingerprint density at radius 3 is 2.82 bits per heavy atom. The number of fused-ring (bicyclic) bond motifs is 1. The summed E-state index contributed by atoms with van der Waals surface area (Å²) in [7, 11) is 0. The van der Waals surface area contributed by atoms with Crippen LogP contribution in [0.4, 0.5) is 5.69 Å².